The fourth-order valence-electron chi connectivity index (χ4n) is 3.76. The van der Waals surface area contributed by atoms with Crippen molar-refractivity contribution >= 4 is 17.5 Å². The first-order chi connectivity index (χ1) is 11.7. The molecule has 2 N–H and O–H groups in total. The lowest BCUT2D eigenvalue weighted by atomic mass is 9.99. The lowest BCUT2D eigenvalue weighted by Gasteiger charge is -2.32. The van der Waals surface area contributed by atoms with Gasteiger partial charge in [0, 0.05) is 25.4 Å². The number of aromatic nitrogens is 3. The van der Waals surface area contributed by atoms with Gasteiger partial charge in [0.15, 0.2) is 0 Å². The molecule has 7 heteroatoms. The molecule has 2 aromatic heterocycles. The van der Waals surface area contributed by atoms with Crippen LogP contribution in [0.1, 0.15) is 25.0 Å². The van der Waals surface area contributed by atoms with Crippen LogP contribution in [0, 0.1) is 17.7 Å². The fourth-order valence-corrected chi connectivity index (χ4v) is 3.76. The summed E-state index contributed by atoms with van der Waals surface area (Å²) < 4.78 is 13.7. The molecule has 0 amide bonds. The Morgan fingerprint density at radius 1 is 1.25 bits per heavy atom. The molecule has 0 radical (unpaired) electrons. The Morgan fingerprint density at radius 2 is 2.04 bits per heavy atom. The first kappa shape index (κ1) is 15.3. The van der Waals surface area contributed by atoms with Crippen molar-refractivity contribution in [2.45, 2.75) is 25.9 Å². The Hall–Kier alpha value is -2.28. The Kier molecular flexibility index (Phi) is 4.02. The highest BCUT2D eigenvalue weighted by Crippen LogP contribution is 2.37. The highest BCUT2D eigenvalue weighted by molar-refractivity contribution is 5.54. The van der Waals surface area contributed by atoms with Gasteiger partial charge in [0.2, 0.25) is 5.95 Å². The van der Waals surface area contributed by atoms with Crippen molar-refractivity contribution in [2.75, 3.05) is 23.3 Å². The van der Waals surface area contributed by atoms with Crippen LogP contribution in [0.15, 0.2) is 24.5 Å². The monoisotopic (exact) mass is 329 g/mol. The third-order valence-electron chi connectivity index (χ3n) is 4.90. The minimum Gasteiger partial charge on any atom is -0.390 e. The van der Waals surface area contributed by atoms with E-state index in [4.69, 9.17) is 5.11 Å². The lowest BCUT2D eigenvalue weighted by Crippen LogP contribution is -2.36. The summed E-state index contributed by atoms with van der Waals surface area (Å²) in [5.74, 6) is 2.33. The van der Waals surface area contributed by atoms with Crippen LogP contribution >= 0.6 is 0 Å². The minimum absolute atomic E-state index is 0.0269. The summed E-state index contributed by atoms with van der Waals surface area (Å²) in [5.41, 5.74) is 0.486. The van der Waals surface area contributed by atoms with Gasteiger partial charge in [0.05, 0.1) is 18.5 Å². The number of piperidine rings is 1. The van der Waals surface area contributed by atoms with Gasteiger partial charge in [-0.15, -0.1) is 0 Å². The molecule has 1 saturated carbocycles. The highest BCUT2D eigenvalue weighted by atomic mass is 19.1. The summed E-state index contributed by atoms with van der Waals surface area (Å²) >= 11 is 0. The normalized spacial score (nSPS) is 22.7. The van der Waals surface area contributed by atoms with Crippen molar-refractivity contribution in [3.8, 4) is 0 Å². The molecule has 2 fully saturated rings. The Balaban J connectivity index is 1.51. The predicted molar refractivity (Wildman–Crippen MR) is 88.5 cm³/mol. The van der Waals surface area contributed by atoms with Crippen molar-refractivity contribution in [3.63, 3.8) is 0 Å². The van der Waals surface area contributed by atoms with Gasteiger partial charge in [-0.2, -0.15) is 4.98 Å². The van der Waals surface area contributed by atoms with Crippen LogP contribution in [0.2, 0.25) is 0 Å². The van der Waals surface area contributed by atoms with E-state index >= 15 is 0 Å². The number of fused-ring (bicyclic) bond motifs is 2. The number of hydrogen-bond donors (Lipinski definition) is 2. The molecule has 0 aromatic carbocycles. The summed E-state index contributed by atoms with van der Waals surface area (Å²) in [4.78, 5) is 15.0. The van der Waals surface area contributed by atoms with Crippen LogP contribution in [0.4, 0.5) is 21.8 Å². The molecule has 2 aliphatic rings. The molecule has 0 unspecified atom stereocenters. The van der Waals surface area contributed by atoms with E-state index in [1.807, 2.05) is 6.07 Å². The van der Waals surface area contributed by atoms with E-state index in [2.05, 4.69) is 25.2 Å². The SMILES string of the molecule is OCc1ncc(Nc2nccc(N3C[C@@H]4CC[C@@H](C4)C3)n2)cc1F. The molecule has 4 rings (SSSR count). The Bertz CT molecular complexity index is 729. The number of hydrogen-bond acceptors (Lipinski definition) is 6. The molecule has 6 nitrogen and oxygen atoms in total. The molecule has 2 bridgehead atoms. The van der Waals surface area contributed by atoms with Crippen molar-refractivity contribution in [3.05, 3.63) is 36.0 Å². The molecular weight excluding hydrogens is 309 g/mol. The number of halogens is 1. The highest BCUT2D eigenvalue weighted by Gasteiger charge is 2.33. The van der Waals surface area contributed by atoms with Crippen molar-refractivity contribution < 1.29 is 9.50 Å². The number of rotatable bonds is 4. The van der Waals surface area contributed by atoms with Gasteiger partial charge in [0.1, 0.15) is 17.3 Å². The van der Waals surface area contributed by atoms with Crippen LogP contribution in [-0.4, -0.2) is 33.1 Å². The summed E-state index contributed by atoms with van der Waals surface area (Å²) in [6, 6.07) is 3.21. The first-order valence-corrected chi connectivity index (χ1v) is 8.31. The maximum Gasteiger partial charge on any atom is 0.229 e. The molecule has 126 valence electrons. The van der Waals surface area contributed by atoms with Gasteiger partial charge in [-0.3, -0.25) is 4.98 Å². The van der Waals surface area contributed by atoms with Gasteiger partial charge < -0.3 is 15.3 Å². The fraction of sp³-hybridized carbons (Fsp3) is 0.471. The average Bonchev–Trinajstić information content (AvgIpc) is 2.93. The molecule has 1 aliphatic heterocycles. The zero-order chi connectivity index (χ0) is 16.5. The van der Waals surface area contributed by atoms with E-state index < -0.39 is 12.4 Å². The quantitative estimate of drug-likeness (QED) is 0.898. The van der Waals surface area contributed by atoms with Crippen LogP contribution in [0.5, 0.6) is 0 Å². The topological polar surface area (TPSA) is 74.2 Å². The second kappa shape index (κ2) is 6.32. The van der Waals surface area contributed by atoms with E-state index in [1.54, 1.807) is 6.20 Å². The Morgan fingerprint density at radius 3 is 2.75 bits per heavy atom. The molecule has 1 saturated heterocycles. The summed E-state index contributed by atoms with van der Waals surface area (Å²) in [5, 5.41) is 12.0. The van der Waals surface area contributed by atoms with Crippen molar-refractivity contribution in [1.29, 1.82) is 0 Å². The predicted octanol–water partition coefficient (Wildman–Crippen LogP) is 2.48. The summed E-state index contributed by atoms with van der Waals surface area (Å²) in [7, 11) is 0. The number of pyridine rings is 1. The maximum atomic E-state index is 13.7. The van der Waals surface area contributed by atoms with Crippen molar-refractivity contribution in [2.24, 2.45) is 11.8 Å². The summed E-state index contributed by atoms with van der Waals surface area (Å²) in [6.07, 6.45) is 7.16. The molecule has 2 atom stereocenters. The van der Waals surface area contributed by atoms with E-state index in [-0.39, 0.29) is 5.69 Å². The zero-order valence-corrected chi connectivity index (χ0v) is 13.3. The van der Waals surface area contributed by atoms with Gasteiger partial charge in [-0.05, 0) is 37.2 Å². The second-order valence-electron chi connectivity index (χ2n) is 6.62. The summed E-state index contributed by atoms with van der Waals surface area (Å²) in [6.45, 7) is 1.68. The van der Waals surface area contributed by atoms with Crippen molar-refractivity contribution in [1.82, 2.24) is 15.0 Å². The van der Waals surface area contributed by atoms with E-state index in [0.717, 1.165) is 30.7 Å². The minimum atomic E-state index is -0.550. The molecule has 3 heterocycles. The van der Waals surface area contributed by atoms with Gasteiger partial charge in [-0.25, -0.2) is 9.37 Å². The van der Waals surface area contributed by atoms with E-state index in [0.29, 0.717) is 11.6 Å². The second-order valence-corrected chi connectivity index (χ2v) is 6.62. The van der Waals surface area contributed by atoms with Gasteiger partial charge in [0.25, 0.3) is 0 Å². The van der Waals surface area contributed by atoms with Crippen LogP contribution in [0.25, 0.3) is 0 Å². The lowest BCUT2D eigenvalue weighted by molar-refractivity contribution is 0.270. The number of aliphatic hydroxyl groups is 1. The Labute approximate surface area is 139 Å². The zero-order valence-electron chi connectivity index (χ0n) is 13.3. The molecule has 2 aromatic rings. The smallest absolute Gasteiger partial charge is 0.229 e. The molecule has 0 spiro atoms. The molecular formula is C17H20FN5O. The standard InChI is InChI=1S/C17H20FN5O/c18-14-6-13(7-20-15(14)10-24)21-17-19-4-3-16(22-17)23-8-11-1-2-12(5-11)9-23/h3-4,6-7,11-12,24H,1-2,5,8-10H2,(H,19,21,22)/t11-,12+. The van der Waals surface area contributed by atoms with Gasteiger partial charge >= 0.3 is 0 Å². The van der Waals surface area contributed by atoms with Crippen LogP contribution in [0.3, 0.4) is 0 Å². The number of anilines is 3. The van der Waals surface area contributed by atoms with Gasteiger partial charge in [-0.1, -0.05) is 0 Å². The molecule has 24 heavy (non-hydrogen) atoms. The number of nitrogens with one attached hydrogen (secondary N) is 1. The molecule has 1 aliphatic carbocycles. The van der Waals surface area contributed by atoms with Crippen LogP contribution in [-0.2, 0) is 6.61 Å². The van der Waals surface area contributed by atoms with Crippen LogP contribution < -0.4 is 10.2 Å². The van der Waals surface area contributed by atoms with E-state index in [1.165, 1.54) is 31.5 Å². The average molecular weight is 329 g/mol. The number of nitrogens with zero attached hydrogens (tertiary/aromatic N) is 4. The number of aliphatic hydroxyl groups excluding tert-OH is 1. The maximum absolute atomic E-state index is 13.7. The third-order valence-corrected chi connectivity index (χ3v) is 4.90. The first-order valence-electron chi connectivity index (χ1n) is 8.31. The largest absolute Gasteiger partial charge is 0.390 e. The third kappa shape index (κ3) is 3.03. The van der Waals surface area contributed by atoms with E-state index in [9.17, 15) is 4.39 Å².